The Labute approximate surface area is 112 Å². The normalized spacial score (nSPS) is 19.9. The summed E-state index contributed by atoms with van der Waals surface area (Å²) in [7, 11) is 0. The van der Waals surface area contributed by atoms with Gasteiger partial charge in [0.25, 0.3) is 0 Å². The van der Waals surface area contributed by atoms with Crippen molar-refractivity contribution in [3.05, 3.63) is 21.9 Å². The van der Waals surface area contributed by atoms with Crippen LogP contribution in [0.3, 0.4) is 0 Å². The zero-order valence-corrected chi connectivity index (χ0v) is 11.6. The maximum atomic E-state index is 12.0. The molecule has 1 unspecified atom stereocenters. The number of hydrogen-bond acceptors (Lipinski definition) is 3. The van der Waals surface area contributed by atoms with Gasteiger partial charge in [-0.1, -0.05) is 0 Å². The van der Waals surface area contributed by atoms with Crippen LogP contribution in [-0.4, -0.2) is 29.9 Å². The molecule has 2 heterocycles. The minimum Gasteiger partial charge on any atom is -0.341 e. The van der Waals surface area contributed by atoms with Crippen molar-refractivity contribution in [2.45, 2.75) is 32.2 Å². The Hall–Kier alpha value is -0.580. The molecule has 1 amide bonds. The van der Waals surface area contributed by atoms with E-state index in [0.29, 0.717) is 6.42 Å². The van der Waals surface area contributed by atoms with Crippen LogP contribution >= 0.6 is 23.7 Å². The average molecular weight is 275 g/mol. The summed E-state index contributed by atoms with van der Waals surface area (Å²) in [5.74, 6) is 0.219. The van der Waals surface area contributed by atoms with Crippen LogP contribution in [0.15, 0.2) is 12.1 Å². The molecule has 96 valence electrons. The molecule has 17 heavy (non-hydrogen) atoms. The molecule has 2 rings (SSSR count). The summed E-state index contributed by atoms with van der Waals surface area (Å²) in [6, 6.07) is 4.28. The van der Waals surface area contributed by atoms with Gasteiger partial charge in [0.15, 0.2) is 0 Å². The Morgan fingerprint density at radius 3 is 2.94 bits per heavy atom. The highest BCUT2D eigenvalue weighted by Gasteiger charge is 2.21. The Morgan fingerprint density at radius 2 is 2.35 bits per heavy atom. The van der Waals surface area contributed by atoms with Gasteiger partial charge in [-0.15, -0.1) is 23.7 Å². The van der Waals surface area contributed by atoms with E-state index in [2.05, 4.69) is 13.0 Å². The minimum absolute atomic E-state index is 0. The maximum Gasteiger partial charge on any atom is 0.227 e. The molecular weight excluding hydrogens is 256 g/mol. The first-order valence-corrected chi connectivity index (χ1v) is 6.55. The molecule has 0 spiro atoms. The number of carbonyl (C=O) groups excluding carboxylic acids is 1. The van der Waals surface area contributed by atoms with Crippen LogP contribution in [-0.2, 0) is 11.2 Å². The minimum atomic E-state index is 0. The van der Waals surface area contributed by atoms with Gasteiger partial charge < -0.3 is 10.6 Å². The highest BCUT2D eigenvalue weighted by Crippen LogP contribution is 2.17. The summed E-state index contributed by atoms with van der Waals surface area (Å²) >= 11 is 1.70. The number of amides is 1. The van der Waals surface area contributed by atoms with Gasteiger partial charge in [-0.3, -0.25) is 4.79 Å². The van der Waals surface area contributed by atoms with Crippen LogP contribution in [0.5, 0.6) is 0 Å². The number of piperidine rings is 1. The SMILES string of the molecule is Cc1ccc(CC(=O)N2CCCC(N)C2)s1.Cl. The second-order valence-corrected chi connectivity index (χ2v) is 5.80. The number of hydrogen-bond donors (Lipinski definition) is 1. The van der Waals surface area contributed by atoms with Crippen molar-refractivity contribution in [2.24, 2.45) is 5.73 Å². The van der Waals surface area contributed by atoms with E-state index in [1.165, 1.54) is 4.88 Å². The number of halogens is 1. The molecule has 1 saturated heterocycles. The number of nitrogens with two attached hydrogens (primary N) is 1. The van der Waals surface area contributed by atoms with Crippen LogP contribution in [0.25, 0.3) is 0 Å². The third-order valence-electron chi connectivity index (χ3n) is 2.93. The fraction of sp³-hybridized carbons (Fsp3) is 0.583. The summed E-state index contributed by atoms with van der Waals surface area (Å²) in [4.78, 5) is 16.3. The zero-order chi connectivity index (χ0) is 11.5. The molecule has 0 radical (unpaired) electrons. The maximum absolute atomic E-state index is 12.0. The van der Waals surface area contributed by atoms with E-state index in [1.807, 2.05) is 11.0 Å². The molecule has 0 aliphatic carbocycles. The van der Waals surface area contributed by atoms with E-state index in [1.54, 1.807) is 11.3 Å². The van der Waals surface area contributed by atoms with E-state index in [0.717, 1.165) is 30.8 Å². The fourth-order valence-electron chi connectivity index (χ4n) is 2.08. The second-order valence-electron chi connectivity index (χ2n) is 4.43. The van der Waals surface area contributed by atoms with Gasteiger partial charge in [0, 0.05) is 28.9 Å². The lowest BCUT2D eigenvalue weighted by Gasteiger charge is -2.30. The quantitative estimate of drug-likeness (QED) is 0.896. The molecule has 0 saturated carbocycles. The molecule has 1 aromatic rings. The highest BCUT2D eigenvalue weighted by atomic mass is 35.5. The summed E-state index contributed by atoms with van der Waals surface area (Å²) in [5, 5.41) is 0. The van der Waals surface area contributed by atoms with Crippen LogP contribution in [0, 0.1) is 6.92 Å². The van der Waals surface area contributed by atoms with Gasteiger partial charge in [0.05, 0.1) is 6.42 Å². The van der Waals surface area contributed by atoms with E-state index in [-0.39, 0.29) is 24.4 Å². The highest BCUT2D eigenvalue weighted by molar-refractivity contribution is 7.12. The van der Waals surface area contributed by atoms with Crippen molar-refractivity contribution in [2.75, 3.05) is 13.1 Å². The molecule has 0 bridgehead atoms. The van der Waals surface area contributed by atoms with Crippen molar-refractivity contribution < 1.29 is 4.79 Å². The molecule has 1 aliphatic rings. The first-order valence-electron chi connectivity index (χ1n) is 5.74. The van der Waals surface area contributed by atoms with Crippen LogP contribution in [0.4, 0.5) is 0 Å². The molecule has 2 N–H and O–H groups in total. The first-order chi connectivity index (χ1) is 7.65. The first kappa shape index (κ1) is 14.5. The number of likely N-dealkylation sites (tertiary alicyclic amines) is 1. The van der Waals surface area contributed by atoms with E-state index in [9.17, 15) is 4.79 Å². The average Bonchev–Trinajstić information content (AvgIpc) is 2.64. The molecule has 1 aliphatic heterocycles. The van der Waals surface area contributed by atoms with Crippen molar-refractivity contribution >= 4 is 29.7 Å². The zero-order valence-electron chi connectivity index (χ0n) is 10.0. The van der Waals surface area contributed by atoms with Gasteiger partial charge in [0.1, 0.15) is 0 Å². The van der Waals surface area contributed by atoms with E-state index < -0.39 is 0 Å². The summed E-state index contributed by atoms with van der Waals surface area (Å²) in [5.41, 5.74) is 5.87. The van der Waals surface area contributed by atoms with Crippen molar-refractivity contribution in [3.8, 4) is 0 Å². The number of nitrogens with zero attached hydrogens (tertiary/aromatic N) is 1. The summed E-state index contributed by atoms with van der Waals surface area (Å²) in [6.45, 7) is 3.66. The van der Waals surface area contributed by atoms with E-state index in [4.69, 9.17) is 5.73 Å². The predicted molar refractivity (Wildman–Crippen MR) is 73.8 cm³/mol. The smallest absolute Gasteiger partial charge is 0.227 e. The van der Waals surface area contributed by atoms with Crippen LogP contribution in [0.2, 0.25) is 0 Å². The summed E-state index contributed by atoms with van der Waals surface area (Å²) in [6.07, 6.45) is 2.61. The van der Waals surface area contributed by atoms with E-state index >= 15 is 0 Å². The third kappa shape index (κ3) is 3.98. The number of carbonyl (C=O) groups is 1. The lowest BCUT2D eigenvalue weighted by atomic mass is 10.1. The second kappa shape index (κ2) is 6.38. The number of thiophene rings is 1. The van der Waals surface area contributed by atoms with Crippen molar-refractivity contribution in [1.82, 2.24) is 4.90 Å². The number of rotatable bonds is 2. The molecule has 1 atom stereocenters. The largest absolute Gasteiger partial charge is 0.341 e. The number of aryl methyl sites for hydroxylation is 1. The molecule has 1 fully saturated rings. The van der Waals surface area contributed by atoms with Gasteiger partial charge in [0.2, 0.25) is 5.91 Å². The molecule has 0 aromatic carbocycles. The van der Waals surface area contributed by atoms with Gasteiger partial charge >= 0.3 is 0 Å². The van der Waals surface area contributed by atoms with Gasteiger partial charge in [-0.2, -0.15) is 0 Å². The lowest BCUT2D eigenvalue weighted by Crippen LogP contribution is -2.46. The Bertz CT molecular complexity index is 380. The van der Waals surface area contributed by atoms with Crippen LogP contribution < -0.4 is 5.73 Å². The van der Waals surface area contributed by atoms with Crippen molar-refractivity contribution in [3.63, 3.8) is 0 Å². The van der Waals surface area contributed by atoms with Crippen molar-refractivity contribution in [1.29, 1.82) is 0 Å². The van der Waals surface area contributed by atoms with Gasteiger partial charge in [-0.05, 0) is 31.9 Å². The summed E-state index contributed by atoms with van der Waals surface area (Å²) < 4.78 is 0. The molecule has 1 aromatic heterocycles. The molecule has 5 heteroatoms. The Kier molecular flexibility index (Phi) is 5.43. The Morgan fingerprint density at radius 1 is 1.59 bits per heavy atom. The monoisotopic (exact) mass is 274 g/mol. The topological polar surface area (TPSA) is 46.3 Å². The molecular formula is C12H19ClN2OS. The lowest BCUT2D eigenvalue weighted by molar-refractivity contribution is -0.131. The fourth-order valence-corrected chi connectivity index (χ4v) is 2.96. The third-order valence-corrected chi connectivity index (χ3v) is 3.93. The molecule has 3 nitrogen and oxygen atoms in total. The van der Waals surface area contributed by atoms with Crippen LogP contribution in [0.1, 0.15) is 22.6 Å². The Balaban J connectivity index is 0.00000144. The van der Waals surface area contributed by atoms with Gasteiger partial charge in [-0.25, -0.2) is 0 Å². The predicted octanol–water partition coefficient (Wildman–Crippen LogP) is 1.97. The standard InChI is InChI=1S/C12H18N2OS.ClH/c1-9-4-5-11(16-9)7-12(15)14-6-2-3-10(13)8-14;/h4-5,10H,2-3,6-8,13H2,1H3;1H.